The van der Waals surface area contributed by atoms with E-state index in [2.05, 4.69) is 0 Å². The molecule has 2 aromatic carbocycles. The first-order chi connectivity index (χ1) is 9.72. The standard InChI is InChI=1S/C7H5F2NO2.C7H6F2/c1-4-6(9)2-5(8)3-7(4)10(11)12;1-5-2-3-6(8)4-7(5)9/h2-3H,1H3;2-4H,1H3. The quantitative estimate of drug-likeness (QED) is 0.443. The highest BCUT2D eigenvalue weighted by Gasteiger charge is 2.15. The number of nitro benzene ring substituents is 1. The fourth-order valence-corrected chi connectivity index (χ4v) is 1.39. The molecular weight excluding hydrogens is 290 g/mol. The average molecular weight is 301 g/mol. The van der Waals surface area contributed by atoms with Crippen LogP contribution in [0.1, 0.15) is 11.1 Å². The summed E-state index contributed by atoms with van der Waals surface area (Å²) in [6.45, 7) is 2.82. The molecule has 2 rings (SSSR count). The summed E-state index contributed by atoms with van der Waals surface area (Å²) in [6, 6.07) is 4.82. The van der Waals surface area contributed by atoms with Gasteiger partial charge in [-0.15, -0.1) is 0 Å². The SMILES string of the molecule is Cc1c(F)cc(F)cc1[N+](=O)[O-].Cc1ccc(F)cc1F. The summed E-state index contributed by atoms with van der Waals surface area (Å²) in [4.78, 5) is 9.38. The Morgan fingerprint density at radius 3 is 1.95 bits per heavy atom. The van der Waals surface area contributed by atoms with Crippen molar-refractivity contribution in [3.8, 4) is 0 Å². The van der Waals surface area contributed by atoms with E-state index in [1.54, 1.807) is 6.92 Å². The van der Waals surface area contributed by atoms with Crippen LogP contribution in [0.15, 0.2) is 30.3 Å². The van der Waals surface area contributed by atoms with E-state index in [9.17, 15) is 27.7 Å². The maximum Gasteiger partial charge on any atom is 0.278 e. The molecule has 0 aliphatic heterocycles. The van der Waals surface area contributed by atoms with Gasteiger partial charge in [0.15, 0.2) is 0 Å². The molecule has 0 atom stereocenters. The molecular formula is C14H11F4NO2. The first-order valence-corrected chi connectivity index (χ1v) is 5.74. The van der Waals surface area contributed by atoms with Crippen molar-refractivity contribution in [2.75, 3.05) is 0 Å². The number of nitro groups is 1. The van der Waals surface area contributed by atoms with Gasteiger partial charge in [-0.2, -0.15) is 0 Å². The van der Waals surface area contributed by atoms with Crippen molar-refractivity contribution >= 4 is 5.69 Å². The highest BCUT2D eigenvalue weighted by molar-refractivity contribution is 5.40. The van der Waals surface area contributed by atoms with Crippen LogP contribution < -0.4 is 0 Å². The Morgan fingerprint density at radius 2 is 1.48 bits per heavy atom. The molecule has 0 saturated carbocycles. The third-order valence-corrected chi connectivity index (χ3v) is 2.61. The van der Waals surface area contributed by atoms with Crippen LogP contribution in [-0.2, 0) is 0 Å². The van der Waals surface area contributed by atoms with Crippen molar-refractivity contribution in [2.45, 2.75) is 13.8 Å². The first-order valence-electron chi connectivity index (χ1n) is 5.74. The van der Waals surface area contributed by atoms with Crippen LogP contribution in [0.4, 0.5) is 23.2 Å². The van der Waals surface area contributed by atoms with E-state index in [4.69, 9.17) is 0 Å². The molecule has 7 heteroatoms. The summed E-state index contributed by atoms with van der Waals surface area (Å²) in [5.41, 5.74) is -0.217. The maximum absolute atomic E-state index is 12.7. The molecule has 0 amide bonds. The Balaban J connectivity index is 0.000000219. The molecule has 3 nitrogen and oxygen atoms in total. The highest BCUT2D eigenvalue weighted by atomic mass is 19.1. The van der Waals surface area contributed by atoms with Gasteiger partial charge in [0.05, 0.1) is 16.6 Å². The van der Waals surface area contributed by atoms with Gasteiger partial charge in [-0.25, -0.2) is 17.6 Å². The van der Waals surface area contributed by atoms with E-state index in [1.807, 2.05) is 0 Å². The van der Waals surface area contributed by atoms with Gasteiger partial charge in [0.1, 0.15) is 23.3 Å². The van der Waals surface area contributed by atoms with Crippen LogP contribution in [0.3, 0.4) is 0 Å². The second-order valence-electron chi connectivity index (χ2n) is 4.18. The maximum atomic E-state index is 12.7. The number of benzene rings is 2. The molecule has 0 saturated heterocycles. The third kappa shape index (κ3) is 4.55. The van der Waals surface area contributed by atoms with Gasteiger partial charge in [-0.3, -0.25) is 10.1 Å². The van der Waals surface area contributed by atoms with Gasteiger partial charge in [-0.05, 0) is 25.5 Å². The molecule has 0 unspecified atom stereocenters. The molecule has 0 aliphatic rings. The summed E-state index contributed by atoms with van der Waals surface area (Å²) in [7, 11) is 0. The van der Waals surface area contributed by atoms with Crippen LogP contribution in [0.5, 0.6) is 0 Å². The van der Waals surface area contributed by atoms with Crippen LogP contribution >= 0.6 is 0 Å². The molecule has 2 aromatic rings. The molecule has 0 aliphatic carbocycles. The Labute approximate surface area is 118 Å². The minimum atomic E-state index is -0.940. The van der Waals surface area contributed by atoms with Gasteiger partial charge in [0.2, 0.25) is 0 Å². The second kappa shape index (κ2) is 6.83. The third-order valence-electron chi connectivity index (χ3n) is 2.61. The van der Waals surface area contributed by atoms with Crippen LogP contribution in [0.25, 0.3) is 0 Å². The summed E-state index contributed by atoms with van der Waals surface area (Å²) in [5.74, 6) is -2.86. The number of aryl methyl sites for hydroxylation is 1. The second-order valence-corrected chi connectivity index (χ2v) is 4.18. The lowest BCUT2D eigenvalue weighted by atomic mass is 10.2. The normalized spacial score (nSPS) is 9.81. The molecule has 112 valence electrons. The molecule has 0 heterocycles. The monoisotopic (exact) mass is 301 g/mol. The summed E-state index contributed by atoms with van der Waals surface area (Å²) in [5, 5.41) is 10.2. The predicted octanol–water partition coefficient (Wildman–Crippen LogP) is 4.45. The van der Waals surface area contributed by atoms with Gasteiger partial charge in [0, 0.05) is 12.1 Å². The summed E-state index contributed by atoms with van der Waals surface area (Å²) < 4.78 is 49.5. The molecule has 0 aromatic heterocycles. The Hall–Kier alpha value is -2.44. The van der Waals surface area contributed by atoms with E-state index in [0.29, 0.717) is 17.7 Å². The number of hydrogen-bond acceptors (Lipinski definition) is 2. The Morgan fingerprint density at radius 1 is 0.905 bits per heavy atom. The van der Waals surface area contributed by atoms with E-state index in [0.717, 1.165) is 6.07 Å². The van der Waals surface area contributed by atoms with Gasteiger partial charge < -0.3 is 0 Å². The topological polar surface area (TPSA) is 43.1 Å². The largest absolute Gasteiger partial charge is 0.278 e. The van der Waals surface area contributed by atoms with E-state index in [-0.39, 0.29) is 5.56 Å². The number of nitrogens with zero attached hydrogens (tertiary/aromatic N) is 1. The lowest BCUT2D eigenvalue weighted by Crippen LogP contribution is -1.95. The Kier molecular flexibility index (Phi) is 5.40. The first kappa shape index (κ1) is 16.6. The predicted molar refractivity (Wildman–Crippen MR) is 68.8 cm³/mol. The molecule has 0 N–H and O–H groups in total. The zero-order valence-electron chi connectivity index (χ0n) is 11.2. The van der Waals surface area contributed by atoms with Crippen LogP contribution in [0.2, 0.25) is 0 Å². The summed E-state index contributed by atoms with van der Waals surface area (Å²) in [6.07, 6.45) is 0. The molecule has 21 heavy (non-hydrogen) atoms. The smallest absolute Gasteiger partial charge is 0.258 e. The average Bonchev–Trinajstić information content (AvgIpc) is 2.39. The van der Waals surface area contributed by atoms with Crippen molar-refractivity contribution in [3.05, 3.63) is 74.8 Å². The molecule has 0 fully saturated rings. The molecule has 0 radical (unpaired) electrons. The van der Waals surface area contributed by atoms with Crippen molar-refractivity contribution in [2.24, 2.45) is 0 Å². The van der Waals surface area contributed by atoms with Gasteiger partial charge in [0.25, 0.3) is 5.69 Å². The molecule has 0 bridgehead atoms. The number of rotatable bonds is 1. The van der Waals surface area contributed by atoms with Crippen molar-refractivity contribution in [1.82, 2.24) is 0 Å². The zero-order valence-corrected chi connectivity index (χ0v) is 11.2. The summed E-state index contributed by atoms with van der Waals surface area (Å²) >= 11 is 0. The minimum Gasteiger partial charge on any atom is -0.258 e. The number of hydrogen-bond donors (Lipinski definition) is 0. The lowest BCUT2D eigenvalue weighted by Gasteiger charge is -1.97. The van der Waals surface area contributed by atoms with Crippen LogP contribution in [0, 0.1) is 47.2 Å². The van der Waals surface area contributed by atoms with Crippen molar-refractivity contribution in [1.29, 1.82) is 0 Å². The van der Waals surface area contributed by atoms with Gasteiger partial charge >= 0.3 is 0 Å². The fraction of sp³-hybridized carbons (Fsp3) is 0.143. The van der Waals surface area contributed by atoms with Crippen LogP contribution in [-0.4, -0.2) is 4.92 Å². The number of halogens is 4. The van der Waals surface area contributed by atoms with E-state index >= 15 is 0 Å². The minimum absolute atomic E-state index is 0.151. The van der Waals surface area contributed by atoms with Crippen molar-refractivity contribution in [3.63, 3.8) is 0 Å². The fourth-order valence-electron chi connectivity index (χ4n) is 1.39. The zero-order chi connectivity index (χ0) is 16.2. The highest BCUT2D eigenvalue weighted by Crippen LogP contribution is 2.21. The van der Waals surface area contributed by atoms with Gasteiger partial charge in [-0.1, -0.05) is 6.07 Å². The lowest BCUT2D eigenvalue weighted by molar-refractivity contribution is -0.385. The molecule has 0 spiro atoms. The van der Waals surface area contributed by atoms with E-state index < -0.39 is 33.9 Å². The van der Waals surface area contributed by atoms with E-state index in [1.165, 1.54) is 19.1 Å². The Bertz CT molecular complexity index is 674. The van der Waals surface area contributed by atoms with Crippen molar-refractivity contribution < 1.29 is 22.5 Å².